The molecule has 0 saturated carbocycles. The molecule has 0 aliphatic heterocycles. The number of ether oxygens (including phenoxy) is 1. The van der Waals surface area contributed by atoms with E-state index in [1.54, 1.807) is 63.2 Å². The number of esters is 1. The Balaban J connectivity index is 2.22. The van der Waals surface area contributed by atoms with E-state index in [0.717, 1.165) is 0 Å². The Kier molecular flexibility index (Phi) is 19.0. The topological polar surface area (TPSA) is 238 Å². The van der Waals surface area contributed by atoms with Crippen LogP contribution in [-0.2, 0) is 46.3 Å². The van der Waals surface area contributed by atoms with Crippen LogP contribution in [0.2, 0.25) is 0 Å². The average Bonchev–Trinajstić information content (AvgIpc) is 3.10. The van der Waals surface area contributed by atoms with Crippen LogP contribution in [-0.4, -0.2) is 105 Å². The van der Waals surface area contributed by atoms with E-state index in [2.05, 4.69) is 26.6 Å². The molecule has 2 aromatic rings. The number of aliphatic hydroxyl groups is 1. The molecule has 9 N–H and O–H groups in total. The highest BCUT2D eigenvalue weighted by atomic mass is 32.2. The minimum absolute atomic E-state index is 0.0381. The molecule has 0 radical (unpaired) electrons. The zero-order chi connectivity index (χ0) is 43.1. The number of nitrogens with two attached hydrogens (primary N) is 1. The minimum Gasteiger partial charge on any atom is -0.508 e. The van der Waals surface area contributed by atoms with Crippen molar-refractivity contribution in [3.05, 3.63) is 65.7 Å². The summed E-state index contributed by atoms with van der Waals surface area (Å²) < 4.78 is 5.12. The second-order valence-corrected chi connectivity index (χ2v) is 18.3. The van der Waals surface area contributed by atoms with Crippen molar-refractivity contribution in [2.24, 2.45) is 11.7 Å². The van der Waals surface area contributed by atoms with Crippen molar-refractivity contribution >= 4 is 47.3 Å². The lowest BCUT2D eigenvalue weighted by Gasteiger charge is -2.29. The largest absolute Gasteiger partial charge is 0.508 e. The molecule has 6 atom stereocenters. The van der Waals surface area contributed by atoms with Crippen LogP contribution in [0.15, 0.2) is 54.6 Å². The fourth-order valence-electron chi connectivity index (χ4n) is 5.34. The number of aromatic hydroxyl groups is 1. The Bertz CT molecular complexity index is 1640. The van der Waals surface area contributed by atoms with Gasteiger partial charge in [-0.15, -0.1) is 0 Å². The maximum absolute atomic E-state index is 13.9. The zero-order valence-corrected chi connectivity index (χ0v) is 35.3. The number of hydrogen-bond donors (Lipinski definition) is 8. The lowest BCUT2D eigenvalue weighted by molar-refractivity contribution is -0.161. The summed E-state index contributed by atoms with van der Waals surface area (Å²) in [5.74, 6) is -4.02. The van der Waals surface area contributed by atoms with E-state index in [9.17, 15) is 39.0 Å². The normalized spacial score (nSPS) is 14.9. The van der Waals surface area contributed by atoms with Gasteiger partial charge in [0.2, 0.25) is 29.5 Å². The molecule has 0 aromatic heterocycles. The van der Waals surface area contributed by atoms with Gasteiger partial charge < -0.3 is 47.3 Å². The third-order valence-corrected chi connectivity index (χ3v) is 9.55. The maximum atomic E-state index is 13.9. The van der Waals surface area contributed by atoms with Crippen LogP contribution in [0.5, 0.6) is 5.75 Å². The van der Waals surface area contributed by atoms with E-state index in [1.807, 2.05) is 34.6 Å². The quantitative estimate of drug-likeness (QED) is 0.0899. The number of nitrogens with one attached hydrogen (secondary N) is 5. The second-order valence-electron chi connectivity index (χ2n) is 16.4. The number of phenolic OH excluding ortho intramolecular Hbond substituents is 1. The van der Waals surface area contributed by atoms with Gasteiger partial charge in [-0.25, -0.2) is 4.79 Å². The molecule has 2 aromatic carbocycles. The Morgan fingerprint density at radius 3 is 1.82 bits per heavy atom. The number of aliphatic hydroxyl groups excluding tert-OH is 1. The molecule has 57 heavy (non-hydrogen) atoms. The van der Waals surface area contributed by atoms with E-state index in [-0.39, 0.29) is 41.4 Å². The summed E-state index contributed by atoms with van der Waals surface area (Å²) in [4.78, 5) is 80.2. The van der Waals surface area contributed by atoms with Crippen LogP contribution in [0.3, 0.4) is 0 Å². The molecule has 2 rings (SSSR count). The van der Waals surface area contributed by atoms with Gasteiger partial charge in [-0.2, -0.15) is 11.8 Å². The minimum atomic E-state index is -1.41. The summed E-state index contributed by atoms with van der Waals surface area (Å²) in [5.41, 5.74) is 6.70. The number of thioether (sulfide) groups is 1. The van der Waals surface area contributed by atoms with Crippen LogP contribution < -0.4 is 32.3 Å². The first kappa shape index (κ1) is 48.5. The highest BCUT2D eigenvalue weighted by molar-refractivity contribution is 8.00. The first-order chi connectivity index (χ1) is 26.4. The summed E-state index contributed by atoms with van der Waals surface area (Å²) in [5, 5.41) is 33.0. The van der Waals surface area contributed by atoms with Gasteiger partial charge in [-0.05, 0) is 69.7 Å². The standard InChI is InChI=1S/C41H62N6O9S/c1-24(2)19-30(38(54)47-34(25(3)48)39(55)56-40(4,5)6)45-37(53)31(21-26-13-11-10-12-14-26)44-33(50)22-43-36(52)32(23-57-41(7,8)9)46-35(51)29(42)20-27-15-17-28(49)18-16-27/h10-18,24-25,29-32,34,48-49H,19-23,42H2,1-9H3,(H,43,52)(H,44,50)(H,45,53)(H,46,51)(H,47,54)/t25-,29+,30+,31+,32-,34+/m1/s1. The van der Waals surface area contributed by atoms with Crippen molar-refractivity contribution in [1.29, 1.82) is 0 Å². The predicted octanol–water partition coefficient (Wildman–Crippen LogP) is 1.86. The number of carbonyl (C=O) groups excluding carboxylic acids is 6. The lowest BCUT2D eigenvalue weighted by atomic mass is 10.0. The molecule has 0 fully saturated rings. The van der Waals surface area contributed by atoms with Gasteiger partial charge in [0.05, 0.1) is 18.7 Å². The number of phenols is 1. The van der Waals surface area contributed by atoms with Crippen LogP contribution >= 0.6 is 11.8 Å². The zero-order valence-electron chi connectivity index (χ0n) is 34.5. The molecular weight excluding hydrogens is 753 g/mol. The molecule has 0 heterocycles. The first-order valence-electron chi connectivity index (χ1n) is 19.0. The van der Waals surface area contributed by atoms with Gasteiger partial charge in [-0.3, -0.25) is 24.0 Å². The molecule has 5 amide bonds. The van der Waals surface area contributed by atoms with Crippen molar-refractivity contribution in [2.75, 3.05) is 12.3 Å². The summed E-state index contributed by atoms with van der Waals surface area (Å²) in [6.45, 7) is 15.3. The molecule has 15 nitrogen and oxygen atoms in total. The Labute approximate surface area is 340 Å². The summed E-state index contributed by atoms with van der Waals surface area (Å²) in [6.07, 6.45) is -0.943. The lowest BCUT2D eigenvalue weighted by Crippen LogP contribution is -2.59. The van der Waals surface area contributed by atoms with Crippen LogP contribution in [0.1, 0.15) is 79.9 Å². The van der Waals surface area contributed by atoms with Crippen molar-refractivity contribution in [2.45, 2.75) is 128 Å². The Morgan fingerprint density at radius 1 is 0.719 bits per heavy atom. The van der Waals surface area contributed by atoms with E-state index in [1.165, 1.54) is 30.8 Å². The maximum Gasteiger partial charge on any atom is 0.331 e. The predicted molar refractivity (Wildman–Crippen MR) is 220 cm³/mol. The molecule has 0 saturated heterocycles. The number of benzene rings is 2. The van der Waals surface area contributed by atoms with E-state index in [0.29, 0.717) is 11.1 Å². The molecule has 0 unspecified atom stereocenters. The molecule has 0 aliphatic rings. The third kappa shape index (κ3) is 18.9. The SMILES string of the molecule is CC(C)C[C@H](NC(=O)[C@H](Cc1ccccc1)NC(=O)CNC(=O)[C@@H](CSC(C)(C)C)NC(=O)[C@@H](N)Cc1ccc(O)cc1)C(=O)N[C@H](C(=O)OC(C)(C)C)[C@@H](C)O. The molecule has 16 heteroatoms. The van der Waals surface area contributed by atoms with Crippen molar-refractivity contribution in [3.63, 3.8) is 0 Å². The monoisotopic (exact) mass is 814 g/mol. The molecule has 316 valence electrons. The fourth-order valence-corrected chi connectivity index (χ4v) is 6.24. The first-order valence-corrected chi connectivity index (χ1v) is 20.0. The summed E-state index contributed by atoms with van der Waals surface area (Å²) in [6, 6.07) is 9.34. The third-order valence-electron chi connectivity index (χ3n) is 8.18. The Hall–Kier alpha value is -4.67. The number of carbonyl (C=O) groups is 6. The molecular formula is C41H62N6O9S. The van der Waals surface area contributed by atoms with E-state index in [4.69, 9.17) is 10.5 Å². The van der Waals surface area contributed by atoms with E-state index >= 15 is 0 Å². The van der Waals surface area contributed by atoms with Crippen molar-refractivity contribution in [3.8, 4) is 5.75 Å². The highest BCUT2D eigenvalue weighted by Gasteiger charge is 2.35. The van der Waals surface area contributed by atoms with Crippen molar-refractivity contribution in [1.82, 2.24) is 26.6 Å². The van der Waals surface area contributed by atoms with Gasteiger partial charge in [0.25, 0.3) is 0 Å². The van der Waals surface area contributed by atoms with Crippen LogP contribution in [0.25, 0.3) is 0 Å². The summed E-state index contributed by atoms with van der Waals surface area (Å²) in [7, 11) is 0. The van der Waals surface area contributed by atoms with Gasteiger partial charge >= 0.3 is 5.97 Å². The fraction of sp³-hybridized carbons (Fsp3) is 0.561. The molecule has 0 bridgehead atoms. The average molecular weight is 815 g/mol. The number of rotatable bonds is 20. The van der Waals surface area contributed by atoms with Gasteiger partial charge in [0.1, 0.15) is 29.5 Å². The van der Waals surface area contributed by atoms with Gasteiger partial charge in [0, 0.05) is 16.9 Å². The van der Waals surface area contributed by atoms with Crippen molar-refractivity contribution < 1.29 is 43.7 Å². The number of amides is 5. The molecule has 0 aliphatic carbocycles. The second kappa shape index (κ2) is 22.3. The highest BCUT2D eigenvalue weighted by Crippen LogP contribution is 2.24. The van der Waals surface area contributed by atoms with Gasteiger partial charge in [-0.1, -0.05) is 77.1 Å². The van der Waals surface area contributed by atoms with Crippen LogP contribution in [0.4, 0.5) is 0 Å². The van der Waals surface area contributed by atoms with Gasteiger partial charge in [0.15, 0.2) is 6.04 Å². The number of hydrogen-bond acceptors (Lipinski definition) is 11. The van der Waals surface area contributed by atoms with Crippen LogP contribution in [0, 0.1) is 5.92 Å². The van der Waals surface area contributed by atoms with E-state index < -0.39 is 84.0 Å². The Morgan fingerprint density at radius 2 is 1.28 bits per heavy atom. The smallest absolute Gasteiger partial charge is 0.331 e. The summed E-state index contributed by atoms with van der Waals surface area (Å²) >= 11 is 1.43. The molecule has 0 spiro atoms.